The van der Waals surface area contributed by atoms with Gasteiger partial charge in [0.25, 0.3) is 0 Å². The Kier molecular flexibility index (Phi) is 2.18. The van der Waals surface area contributed by atoms with Crippen LogP contribution in [0, 0.1) is 0 Å². The van der Waals surface area contributed by atoms with Crippen LogP contribution in [0.3, 0.4) is 0 Å². The minimum absolute atomic E-state index is 0.674. The van der Waals surface area contributed by atoms with Crippen LogP contribution >= 0.6 is 0 Å². The van der Waals surface area contributed by atoms with Gasteiger partial charge in [-0.2, -0.15) is 0 Å². The number of aromatic nitrogens is 2. The third-order valence-corrected chi connectivity index (χ3v) is 2.55. The first-order chi connectivity index (χ1) is 7.95. The fourth-order valence-electron chi connectivity index (χ4n) is 1.84. The summed E-state index contributed by atoms with van der Waals surface area (Å²) in [6.45, 7) is 1.48. The van der Waals surface area contributed by atoms with Gasteiger partial charge in [-0.05, 0) is 12.1 Å². The van der Waals surface area contributed by atoms with Crippen LogP contribution in [0.15, 0.2) is 42.9 Å². The van der Waals surface area contributed by atoms with Crippen LogP contribution in [0.4, 0.5) is 11.5 Å². The van der Waals surface area contributed by atoms with Crippen molar-refractivity contribution >= 4 is 11.5 Å². The van der Waals surface area contributed by atoms with Gasteiger partial charge in [-0.15, -0.1) is 0 Å². The Morgan fingerprint density at radius 2 is 2.12 bits per heavy atom. The van der Waals surface area contributed by atoms with Crippen LogP contribution in [0.25, 0.3) is 0 Å². The molecule has 1 aromatic carbocycles. The zero-order valence-electron chi connectivity index (χ0n) is 8.71. The Morgan fingerprint density at radius 3 is 3.00 bits per heavy atom. The largest absolute Gasteiger partial charge is 0.490 e. The summed E-state index contributed by atoms with van der Waals surface area (Å²) in [6.07, 6.45) is 5.14. The highest BCUT2D eigenvalue weighted by atomic mass is 16.5. The second kappa shape index (κ2) is 3.81. The fraction of sp³-hybridized carbons (Fsp3) is 0.167. The molecule has 1 aliphatic heterocycles. The Labute approximate surface area is 93.5 Å². The lowest BCUT2D eigenvalue weighted by Crippen LogP contribution is -2.29. The van der Waals surface area contributed by atoms with Gasteiger partial charge in [-0.1, -0.05) is 12.1 Å². The normalized spacial score (nSPS) is 14.1. The maximum absolute atomic E-state index is 5.59. The summed E-state index contributed by atoms with van der Waals surface area (Å²) in [5.41, 5.74) is 1.05. The number of rotatable bonds is 1. The summed E-state index contributed by atoms with van der Waals surface area (Å²) in [5.74, 6) is 1.76. The monoisotopic (exact) mass is 213 g/mol. The molecule has 0 saturated heterocycles. The van der Waals surface area contributed by atoms with Crippen molar-refractivity contribution in [2.45, 2.75) is 0 Å². The Balaban J connectivity index is 2.05. The van der Waals surface area contributed by atoms with E-state index in [0.717, 1.165) is 23.8 Å². The van der Waals surface area contributed by atoms with E-state index < -0.39 is 0 Å². The van der Waals surface area contributed by atoms with Crippen molar-refractivity contribution in [1.29, 1.82) is 0 Å². The van der Waals surface area contributed by atoms with Crippen LogP contribution in [0.5, 0.6) is 5.75 Å². The molecule has 0 bridgehead atoms. The summed E-state index contributed by atoms with van der Waals surface area (Å²) in [7, 11) is 0. The molecule has 0 radical (unpaired) electrons. The van der Waals surface area contributed by atoms with E-state index in [1.165, 1.54) is 0 Å². The highest BCUT2D eigenvalue weighted by molar-refractivity contribution is 5.67. The first-order valence-corrected chi connectivity index (χ1v) is 5.20. The third kappa shape index (κ3) is 1.48. The quantitative estimate of drug-likeness (QED) is 0.726. The predicted octanol–water partition coefficient (Wildman–Crippen LogP) is 2.01. The van der Waals surface area contributed by atoms with Gasteiger partial charge in [0.05, 0.1) is 18.4 Å². The maximum Gasteiger partial charge on any atom is 0.151 e. The van der Waals surface area contributed by atoms with E-state index in [4.69, 9.17) is 4.74 Å². The molecule has 4 heteroatoms. The molecule has 0 aliphatic carbocycles. The van der Waals surface area contributed by atoms with Crippen molar-refractivity contribution in [3.05, 3.63) is 42.9 Å². The van der Waals surface area contributed by atoms with E-state index in [-0.39, 0.29) is 0 Å². The molecular formula is C12H11N3O. The van der Waals surface area contributed by atoms with Gasteiger partial charge in [0, 0.05) is 12.4 Å². The lowest BCUT2D eigenvalue weighted by atomic mass is 10.2. The Hall–Kier alpha value is -2.10. The predicted molar refractivity (Wildman–Crippen MR) is 61.0 cm³/mol. The average Bonchev–Trinajstić information content (AvgIpc) is 2.39. The van der Waals surface area contributed by atoms with Crippen LogP contribution in [-0.4, -0.2) is 23.1 Å². The molecule has 1 aliphatic rings. The Morgan fingerprint density at radius 1 is 1.19 bits per heavy atom. The maximum atomic E-state index is 5.59. The molecular weight excluding hydrogens is 202 g/mol. The van der Waals surface area contributed by atoms with E-state index in [0.29, 0.717) is 6.61 Å². The lowest BCUT2D eigenvalue weighted by Gasteiger charge is -2.29. The van der Waals surface area contributed by atoms with Gasteiger partial charge in [-0.3, -0.25) is 4.98 Å². The number of ether oxygens (including phenoxy) is 1. The fourth-order valence-corrected chi connectivity index (χ4v) is 1.84. The second-order valence-corrected chi connectivity index (χ2v) is 3.53. The number of nitrogens with zero attached hydrogens (tertiary/aromatic N) is 3. The summed E-state index contributed by atoms with van der Waals surface area (Å²) in [5, 5.41) is 0. The molecule has 0 saturated carbocycles. The van der Waals surface area contributed by atoms with Crippen LogP contribution in [-0.2, 0) is 0 Å². The molecule has 0 N–H and O–H groups in total. The minimum Gasteiger partial charge on any atom is -0.490 e. The first-order valence-electron chi connectivity index (χ1n) is 5.20. The molecule has 0 unspecified atom stereocenters. The molecule has 16 heavy (non-hydrogen) atoms. The SMILES string of the molecule is c1ccc2c(c1)OCCN2c1cnccn1. The van der Waals surface area contributed by atoms with Crippen molar-refractivity contribution in [3.8, 4) is 5.75 Å². The molecule has 1 aromatic heterocycles. The van der Waals surface area contributed by atoms with Gasteiger partial charge in [0.15, 0.2) is 5.82 Å². The zero-order chi connectivity index (χ0) is 10.8. The van der Waals surface area contributed by atoms with Gasteiger partial charge >= 0.3 is 0 Å². The second-order valence-electron chi connectivity index (χ2n) is 3.53. The van der Waals surface area contributed by atoms with Gasteiger partial charge in [-0.25, -0.2) is 4.98 Å². The molecule has 0 amide bonds. The van der Waals surface area contributed by atoms with E-state index >= 15 is 0 Å². The minimum atomic E-state index is 0.674. The van der Waals surface area contributed by atoms with Crippen LogP contribution < -0.4 is 9.64 Å². The van der Waals surface area contributed by atoms with Crippen LogP contribution in [0.2, 0.25) is 0 Å². The van der Waals surface area contributed by atoms with Crippen molar-refractivity contribution in [3.63, 3.8) is 0 Å². The topological polar surface area (TPSA) is 38.2 Å². The van der Waals surface area contributed by atoms with E-state index in [1.807, 2.05) is 24.3 Å². The molecule has 2 aromatic rings. The average molecular weight is 213 g/mol. The highest BCUT2D eigenvalue weighted by Crippen LogP contribution is 2.34. The summed E-state index contributed by atoms with van der Waals surface area (Å²) in [4.78, 5) is 10.5. The van der Waals surface area contributed by atoms with Crippen molar-refractivity contribution in [2.75, 3.05) is 18.1 Å². The smallest absolute Gasteiger partial charge is 0.151 e. The van der Waals surface area contributed by atoms with Crippen LogP contribution in [0.1, 0.15) is 0 Å². The first kappa shape index (κ1) is 9.15. The van der Waals surface area contributed by atoms with E-state index in [2.05, 4.69) is 14.9 Å². The summed E-state index contributed by atoms with van der Waals surface area (Å²) >= 11 is 0. The van der Waals surface area contributed by atoms with Crippen molar-refractivity contribution in [1.82, 2.24) is 9.97 Å². The van der Waals surface area contributed by atoms with Crippen molar-refractivity contribution < 1.29 is 4.74 Å². The van der Waals surface area contributed by atoms with Gasteiger partial charge in [0.1, 0.15) is 12.4 Å². The number of anilines is 2. The van der Waals surface area contributed by atoms with E-state index in [9.17, 15) is 0 Å². The molecule has 4 nitrogen and oxygen atoms in total. The number of hydrogen-bond donors (Lipinski definition) is 0. The van der Waals surface area contributed by atoms with Crippen molar-refractivity contribution in [2.24, 2.45) is 0 Å². The molecule has 0 fully saturated rings. The molecule has 80 valence electrons. The molecule has 2 heterocycles. The number of hydrogen-bond acceptors (Lipinski definition) is 4. The Bertz CT molecular complexity index is 487. The molecule has 3 rings (SSSR count). The van der Waals surface area contributed by atoms with Gasteiger partial charge < -0.3 is 9.64 Å². The molecule has 0 spiro atoms. The highest BCUT2D eigenvalue weighted by Gasteiger charge is 2.19. The summed E-state index contributed by atoms with van der Waals surface area (Å²) < 4.78 is 5.59. The van der Waals surface area contributed by atoms with E-state index in [1.54, 1.807) is 18.6 Å². The number of benzene rings is 1. The zero-order valence-corrected chi connectivity index (χ0v) is 8.71. The third-order valence-electron chi connectivity index (χ3n) is 2.55. The molecule has 0 atom stereocenters. The number of para-hydroxylation sites is 2. The lowest BCUT2D eigenvalue weighted by molar-refractivity contribution is 0.313. The van der Waals surface area contributed by atoms with Gasteiger partial charge in [0.2, 0.25) is 0 Å². The number of fused-ring (bicyclic) bond motifs is 1. The standard InChI is InChI=1S/C12H11N3O/c1-2-4-11-10(3-1)15(7-8-16-11)12-9-13-5-6-14-12/h1-6,9H,7-8H2. The summed E-state index contributed by atoms with van der Waals surface area (Å²) in [6, 6.07) is 7.97.